The average molecular weight is 222 g/mol. The Bertz CT molecular complexity index is 232. The van der Waals surface area contributed by atoms with Gasteiger partial charge >= 0.3 is 12.1 Å². The third-order valence-corrected chi connectivity index (χ3v) is 1.87. The summed E-state index contributed by atoms with van der Waals surface area (Å²) < 4.78 is 0. The van der Waals surface area contributed by atoms with Crippen molar-refractivity contribution in [2.45, 2.75) is 24.7 Å². The van der Waals surface area contributed by atoms with Crippen LogP contribution in [0.15, 0.2) is 0 Å². The molecule has 0 heterocycles. The van der Waals surface area contributed by atoms with Crippen molar-refractivity contribution in [1.82, 2.24) is 0 Å². The van der Waals surface area contributed by atoms with Gasteiger partial charge in [0.25, 0.3) is 0 Å². The maximum Gasteiger partial charge on any atom is 0.373 e. The lowest BCUT2D eigenvalue weighted by molar-refractivity contribution is -0.191. The minimum Gasteiger partial charge on any atom is -0.481 e. The zero-order valence-electron chi connectivity index (χ0n) is 7.34. The Labute approximate surface area is 85.3 Å². The van der Waals surface area contributed by atoms with E-state index in [1.807, 2.05) is 0 Å². The van der Waals surface area contributed by atoms with Crippen LogP contribution < -0.4 is 0 Å². The van der Waals surface area contributed by atoms with Crippen molar-refractivity contribution in [3.63, 3.8) is 0 Å². The maximum atomic E-state index is 10.5. The van der Waals surface area contributed by atoms with E-state index in [2.05, 4.69) is 12.6 Å². The zero-order valence-corrected chi connectivity index (χ0v) is 8.23. The number of Topliss-reactive ketones (excluding diaryl/α,β-unsaturated/α-hetero) is 1. The topological polar surface area (TPSA) is 109 Å². The molecule has 2 unspecified atom stereocenters. The van der Waals surface area contributed by atoms with E-state index in [1.54, 1.807) is 0 Å². The quantitative estimate of drug-likeness (QED) is 0.533. The average Bonchev–Trinajstić information content (AvgIpc) is 2.02. The summed E-state index contributed by atoms with van der Waals surface area (Å²) in [5.41, 5.74) is 0. The highest BCUT2D eigenvalue weighted by molar-refractivity contribution is 7.81. The molecule has 0 rings (SSSR count). The smallest absolute Gasteiger partial charge is 0.373 e. The molecule has 0 spiro atoms. The number of carboxylic acids is 1. The summed E-state index contributed by atoms with van der Waals surface area (Å²) in [5, 5.41) is 16.3. The molecule has 0 amide bonds. The summed E-state index contributed by atoms with van der Waals surface area (Å²) >= 11 is 3.73. The van der Waals surface area contributed by atoms with E-state index in [0.717, 1.165) is 0 Å². The zero-order chi connectivity index (χ0) is 11.7. The van der Waals surface area contributed by atoms with Crippen LogP contribution in [0.25, 0.3) is 0 Å². The number of hydrogen-bond donors (Lipinski definition) is 3. The SMILES string of the molecule is CC(=O)C(S)C(O)CC(=O)O.O=C=O. The van der Waals surface area contributed by atoms with Gasteiger partial charge in [0, 0.05) is 0 Å². The molecular weight excluding hydrogens is 212 g/mol. The molecule has 14 heavy (non-hydrogen) atoms. The summed E-state index contributed by atoms with van der Waals surface area (Å²) in [6.07, 6.45) is -1.40. The predicted octanol–water partition coefficient (Wildman–Crippen LogP) is -0.874. The monoisotopic (exact) mass is 222 g/mol. The van der Waals surface area contributed by atoms with E-state index in [1.165, 1.54) is 6.92 Å². The summed E-state index contributed by atoms with van der Waals surface area (Å²) in [4.78, 5) is 36.8. The Balaban J connectivity index is 0. The van der Waals surface area contributed by atoms with Crippen LogP contribution in [0.1, 0.15) is 13.3 Å². The fraction of sp³-hybridized carbons (Fsp3) is 0.571. The highest BCUT2D eigenvalue weighted by atomic mass is 32.1. The molecule has 7 heteroatoms. The van der Waals surface area contributed by atoms with Crippen molar-refractivity contribution >= 4 is 30.5 Å². The fourth-order valence-corrected chi connectivity index (χ4v) is 0.667. The first-order chi connectivity index (χ1) is 6.36. The number of carboxylic acid groups (broad SMARTS) is 1. The third-order valence-electron chi connectivity index (χ3n) is 1.16. The van der Waals surface area contributed by atoms with Crippen LogP contribution in [0.5, 0.6) is 0 Å². The maximum absolute atomic E-state index is 10.5. The van der Waals surface area contributed by atoms with Gasteiger partial charge in [-0.2, -0.15) is 22.2 Å². The summed E-state index contributed by atoms with van der Waals surface area (Å²) in [5.74, 6) is -1.47. The van der Waals surface area contributed by atoms with Gasteiger partial charge in [0.2, 0.25) is 0 Å². The van der Waals surface area contributed by atoms with Crippen molar-refractivity contribution in [3.8, 4) is 0 Å². The number of carbonyl (C=O) groups is 2. The molecule has 0 bridgehead atoms. The summed E-state index contributed by atoms with van der Waals surface area (Å²) in [6.45, 7) is 1.25. The van der Waals surface area contributed by atoms with E-state index >= 15 is 0 Å². The second-order valence-electron chi connectivity index (χ2n) is 2.30. The Morgan fingerprint density at radius 1 is 1.43 bits per heavy atom. The minimum atomic E-state index is -1.20. The fourth-order valence-electron chi connectivity index (χ4n) is 0.561. The van der Waals surface area contributed by atoms with Gasteiger partial charge in [-0.1, -0.05) is 0 Å². The lowest BCUT2D eigenvalue weighted by atomic mass is 10.1. The van der Waals surface area contributed by atoms with E-state index in [4.69, 9.17) is 19.8 Å². The molecule has 0 aromatic rings. The van der Waals surface area contributed by atoms with Crippen LogP contribution in [0, 0.1) is 0 Å². The molecule has 2 atom stereocenters. The molecule has 0 fully saturated rings. The molecule has 0 saturated carbocycles. The van der Waals surface area contributed by atoms with Gasteiger partial charge in [-0.15, -0.1) is 0 Å². The lowest BCUT2D eigenvalue weighted by Crippen LogP contribution is -2.29. The molecule has 0 aromatic carbocycles. The molecule has 0 radical (unpaired) electrons. The highest BCUT2D eigenvalue weighted by Crippen LogP contribution is 2.06. The van der Waals surface area contributed by atoms with E-state index in [9.17, 15) is 9.59 Å². The number of ketones is 1. The van der Waals surface area contributed by atoms with Crippen LogP contribution in [-0.2, 0) is 19.2 Å². The molecule has 0 aliphatic carbocycles. The first-order valence-electron chi connectivity index (χ1n) is 3.44. The lowest BCUT2D eigenvalue weighted by Gasteiger charge is -2.12. The number of thiol groups is 1. The second kappa shape index (κ2) is 8.43. The van der Waals surface area contributed by atoms with Crippen LogP contribution in [0.2, 0.25) is 0 Å². The van der Waals surface area contributed by atoms with Gasteiger partial charge < -0.3 is 10.2 Å². The third kappa shape index (κ3) is 8.92. The van der Waals surface area contributed by atoms with E-state index in [0.29, 0.717) is 0 Å². The Morgan fingerprint density at radius 3 is 2.00 bits per heavy atom. The van der Waals surface area contributed by atoms with Crippen molar-refractivity contribution in [2.24, 2.45) is 0 Å². The van der Waals surface area contributed by atoms with Crippen LogP contribution in [-0.4, -0.2) is 39.5 Å². The molecule has 6 nitrogen and oxygen atoms in total. The molecule has 0 aromatic heterocycles. The molecular formula is C7H10O6S. The number of hydrogen-bond acceptors (Lipinski definition) is 6. The van der Waals surface area contributed by atoms with E-state index in [-0.39, 0.29) is 11.9 Å². The van der Waals surface area contributed by atoms with Crippen molar-refractivity contribution in [1.29, 1.82) is 0 Å². The van der Waals surface area contributed by atoms with Crippen molar-refractivity contribution < 1.29 is 29.4 Å². The molecule has 0 aliphatic rings. The van der Waals surface area contributed by atoms with Crippen LogP contribution in [0.3, 0.4) is 0 Å². The normalized spacial score (nSPS) is 12.8. The molecule has 0 aliphatic heterocycles. The van der Waals surface area contributed by atoms with Crippen molar-refractivity contribution in [2.75, 3.05) is 0 Å². The van der Waals surface area contributed by atoms with E-state index < -0.39 is 23.7 Å². The Morgan fingerprint density at radius 2 is 1.79 bits per heavy atom. The number of rotatable bonds is 4. The van der Waals surface area contributed by atoms with Crippen molar-refractivity contribution in [3.05, 3.63) is 0 Å². The number of aliphatic hydroxyl groups excluding tert-OH is 1. The number of carbonyl (C=O) groups excluding carboxylic acids is 3. The van der Waals surface area contributed by atoms with Gasteiger partial charge in [-0.3, -0.25) is 9.59 Å². The standard InChI is InChI=1S/C6H10O4S.CO2/c1-3(7)6(11)4(8)2-5(9)10;2-1-3/h4,6,8,11H,2H2,1H3,(H,9,10);. The summed E-state index contributed by atoms with van der Waals surface area (Å²) in [7, 11) is 0. The minimum absolute atomic E-state index is 0.250. The van der Waals surface area contributed by atoms with Gasteiger partial charge in [-0.05, 0) is 6.92 Å². The highest BCUT2D eigenvalue weighted by Gasteiger charge is 2.21. The Kier molecular flexibility index (Phi) is 9.22. The second-order valence-corrected chi connectivity index (χ2v) is 2.86. The van der Waals surface area contributed by atoms with Crippen LogP contribution in [0.4, 0.5) is 0 Å². The van der Waals surface area contributed by atoms with Crippen LogP contribution >= 0.6 is 12.6 Å². The predicted molar refractivity (Wildman–Crippen MR) is 46.7 cm³/mol. The molecule has 80 valence electrons. The number of aliphatic hydroxyl groups is 1. The molecule has 2 N–H and O–H groups in total. The number of aliphatic carboxylic acids is 1. The summed E-state index contributed by atoms with van der Waals surface area (Å²) in [6, 6.07) is 0. The van der Waals surface area contributed by atoms with Gasteiger partial charge in [0.15, 0.2) is 0 Å². The van der Waals surface area contributed by atoms with Gasteiger partial charge in [0.1, 0.15) is 5.78 Å². The Hall–Kier alpha value is -1.17. The first-order valence-corrected chi connectivity index (χ1v) is 3.96. The largest absolute Gasteiger partial charge is 0.481 e. The first kappa shape index (κ1) is 15.3. The van der Waals surface area contributed by atoms with Gasteiger partial charge in [-0.25, -0.2) is 0 Å². The molecule has 0 saturated heterocycles. The van der Waals surface area contributed by atoms with Gasteiger partial charge in [0.05, 0.1) is 17.8 Å².